The number of rotatable bonds is 12. The maximum absolute atomic E-state index is 6.01. The minimum Gasteiger partial charge on any atom is -0.348 e. The van der Waals surface area contributed by atoms with Crippen LogP contribution in [0.5, 0.6) is 0 Å². The lowest BCUT2D eigenvalue weighted by Gasteiger charge is -2.12. The largest absolute Gasteiger partial charge is 0.348 e. The summed E-state index contributed by atoms with van der Waals surface area (Å²) in [6.45, 7) is 8.73. The third kappa shape index (κ3) is 16.4. The first kappa shape index (κ1) is 50.3. The van der Waals surface area contributed by atoms with Crippen LogP contribution in [0.15, 0.2) is 182 Å². The summed E-state index contributed by atoms with van der Waals surface area (Å²) < 4.78 is 1.14. The van der Waals surface area contributed by atoms with Gasteiger partial charge in [0.1, 0.15) is 0 Å². The second-order valence-electron chi connectivity index (χ2n) is 16.1. The van der Waals surface area contributed by atoms with E-state index in [1.54, 1.807) is 31.6 Å². The fraction of sp³-hybridized carbons (Fsp3) is 0.196. The summed E-state index contributed by atoms with van der Waals surface area (Å²) in [5.41, 5.74) is 17.9. The van der Waals surface area contributed by atoms with Crippen molar-refractivity contribution in [1.82, 2.24) is 49.8 Å². The second-order valence-corrected chi connectivity index (χ2v) is 17.3. The third-order valence-corrected chi connectivity index (χ3v) is 12.3. The van der Waals surface area contributed by atoms with Crippen molar-refractivity contribution < 1.29 is 0 Å². The fourth-order valence-electron chi connectivity index (χ4n) is 7.50. The Hall–Kier alpha value is -7.08. The zero-order chi connectivity index (χ0) is 47.8. The highest BCUT2D eigenvalue weighted by Crippen LogP contribution is 2.21. The van der Waals surface area contributed by atoms with Gasteiger partial charge in [0.15, 0.2) is 0 Å². The lowest BCUT2D eigenvalue weighted by Crippen LogP contribution is -2.00. The van der Waals surface area contributed by atoms with E-state index in [2.05, 4.69) is 148 Å². The molecule has 0 unspecified atom stereocenters. The summed E-state index contributed by atoms with van der Waals surface area (Å²) in [7, 11) is 0. The van der Waals surface area contributed by atoms with Crippen LogP contribution in [0.2, 0.25) is 5.02 Å². The van der Waals surface area contributed by atoms with Crippen molar-refractivity contribution >= 4 is 27.5 Å². The molecule has 0 aliphatic rings. The highest BCUT2D eigenvalue weighted by Gasteiger charge is 2.08. The van der Waals surface area contributed by atoms with Crippen LogP contribution in [0.3, 0.4) is 0 Å². The standard InChI is InChI=1S/C14H18N2.C12H14N2.C10H9BrN2.C10H9ClN2.C10H10N2/c1-3-11-6-5-7-12(4-2)14(11)8-13-9-15-10-16-13;1-9-4-3-5-10(2)12(9)6-11-7-13-8-14-11;2*11-10-4-2-1-3-8(10)5-9-6-12-7-13-9;1-2-4-9(5-3-1)6-10-7-11-8-12-10/h5-7,9-10H,3-4,8H2,1-2H3,(H,15,16);3-5,7-8H,6H2,1-2H3,(H,13,14);2*1-4,6-7H,5H2,(H,12,13);1-5,7-8H,6H2,(H,11,12). The van der Waals surface area contributed by atoms with Gasteiger partial charge in [0.25, 0.3) is 0 Å². The number of imidazole rings is 5. The molecule has 348 valence electrons. The fourth-order valence-corrected chi connectivity index (χ4v) is 8.13. The number of hydrogen-bond acceptors (Lipinski definition) is 5. The Morgan fingerprint density at radius 3 is 1.24 bits per heavy atom. The molecule has 10 aromatic rings. The molecule has 5 N–H and O–H groups in total. The van der Waals surface area contributed by atoms with Crippen LogP contribution in [0.1, 0.15) is 92.4 Å². The van der Waals surface area contributed by atoms with E-state index in [9.17, 15) is 0 Å². The molecule has 68 heavy (non-hydrogen) atoms. The molecule has 0 atom stereocenters. The van der Waals surface area contributed by atoms with E-state index in [0.29, 0.717) is 0 Å². The molecule has 0 aliphatic carbocycles. The van der Waals surface area contributed by atoms with Crippen LogP contribution >= 0.6 is 27.5 Å². The summed E-state index contributed by atoms with van der Waals surface area (Å²) in [4.78, 5) is 35.5. The van der Waals surface area contributed by atoms with Crippen molar-refractivity contribution in [2.45, 2.75) is 72.6 Å². The van der Waals surface area contributed by atoms with Crippen LogP contribution in [0.25, 0.3) is 0 Å². The van der Waals surface area contributed by atoms with Crippen molar-refractivity contribution in [3.8, 4) is 0 Å². The Kier molecular flexibility index (Phi) is 20.4. The van der Waals surface area contributed by atoms with E-state index in [-0.39, 0.29) is 0 Å². The molecule has 10 rings (SSSR count). The molecule has 5 aromatic heterocycles. The molecule has 0 aliphatic heterocycles. The summed E-state index contributed by atoms with van der Waals surface area (Å²) in [5, 5.41) is 0.803. The van der Waals surface area contributed by atoms with Gasteiger partial charge in [-0.3, -0.25) is 0 Å². The number of hydrogen-bond donors (Lipinski definition) is 5. The minimum atomic E-state index is 0.803. The van der Waals surface area contributed by atoms with Gasteiger partial charge in [-0.05, 0) is 88.9 Å². The lowest BCUT2D eigenvalue weighted by atomic mass is 9.94. The minimum absolute atomic E-state index is 0.803. The van der Waals surface area contributed by atoms with E-state index in [1.807, 2.05) is 91.6 Å². The van der Waals surface area contributed by atoms with Gasteiger partial charge < -0.3 is 24.9 Å². The molecular weight excluding hydrogens is 928 g/mol. The van der Waals surface area contributed by atoms with Crippen LogP contribution in [-0.2, 0) is 44.9 Å². The topological polar surface area (TPSA) is 143 Å². The van der Waals surface area contributed by atoms with E-state index >= 15 is 0 Å². The lowest BCUT2D eigenvalue weighted by molar-refractivity contribution is 0.982. The maximum atomic E-state index is 6.01. The van der Waals surface area contributed by atoms with Crippen molar-refractivity contribution in [3.63, 3.8) is 0 Å². The molecule has 0 spiro atoms. The molecular formula is C56H60BrClN10. The number of halogens is 2. The monoisotopic (exact) mass is 986 g/mol. The quantitative estimate of drug-likeness (QED) is 0.0828. The maximum Gasteiger partial charge on any atom is 0.0921 e. The summed E-state index contributed by atoms with van der Waals surface area (Å²) in [6, 6.07) is 39.4. The Bertz CT molecular complexity index is 2760. The summed E-state index contributed by atoms with van der Waals surface area (Å²) in [5.74, 6) is 0. The first-order chi connectivity index (χ1) is 33.3. The zero-order valence-electron chi connectivity index (χ0n) is 39.2. The predicted molar refractivity (Wildman–Crippen MR) is 280 cm³/mol. The van der Waals surface area contributed by atoms with Crippen LogP contribution in [0.4, 0.5) is 0 Å². The van der Waals surface area contributed by atoms with Gasteiger partial charge in [-0.25, -0.2) is 24.9 Å². The van der Waals surface area contributed by atoms with Crippen molar-refractivity contribution in [2.24, 2.45) is 0 Å². The first-order valence-corrected chi connectivity index (χ1v) is 24.0. The van der Waals surface area contributed by atoms with E-state index in [0.717, 1.165) is 77.1 Å². The molecule has 0 fully saturated rings. The Morgan fingerprint density at radius 2 is 0.779 bits per heavy atom. The molecule has 0 amide bonds. The molecule has 0 saturated heterocycles. The average molecular weight is 989 g/mol. The number of nitrogens with one attached hydrogen (secondary N) is 5. The van der Waals surface area contributed by atoms with Gasteiger partial charge in [-0.1, -0.05) is 145 Å². The molecule has 0 bridgehead atoms. The second kappa shape index (κ2) is 27.5. The number of aromatic nitrogens is 10. The van der Waals surface area contributed by atoms with Gasteiger partial charge in [-0.15, -0.1) is 0 Å². The summed E-state index contributed by atoms with van der Waals surface area (Å²) in [6.07, 6.45) is 24.6. The summed E-state index contributed by atoms with van der Waals surface area (Å²) >= 11 is 9.51. The molecule has 0 radical (unpaired) electrons. The Labute approximate surface area is 413 Å². The molecule has 0 saturated carbocycles. The normalized spacial score (nSPS) is 10.3. The Balaban J connectivity index is 0.000000140. The van der Waals surface area contributed by atoms with E-state index in [1.165, 1.54) is 55.9 Å². The van der Waals surface area contributed by atoms with Gasteiger partial charge in [0, 0.05) is 101 Å². The van der Waals surface area contributed by atoms with Gasteiger partial charge >= 0.3 is 0 Å². The van der Waals surface area contributed by atoms with Crippen LogP contribution in [-0.4, -0.2) is 49.8 Å². The van der Waals surface area contributed by atoms with Gasteiger partial charge in [0.05, 0.1) is 31.6 Å². The van der Waals surface area contributed by atoms with Crippen LogP contribution in [0, 0.1) is 13.8 Å². The third-order valence-electron chi connectivity index (χ3n) is 11.2. The highest BCUT2D eigenvalue weighted by atomic mass is 79.9. The predicted octanol–water partition coefficient (Wildman–Crippen LogP) is 13.2. The average Bonchev–Trinajstić information content (AvgIpc) is 4.24. The van der Waals surface area contributed by atoms with E-state index < -0.39 is 0 Å². The number of aromatic amines is 5. The van der Waals surface area contributed by atoms with Crippen molar-refractivity contribution in [2.75, 3.05) is 0 Å². The molecule has 10 nitrogen and oxygen atoms in total. The number of nitrogens with zero attached hydrogens (tertiary/aromatic N) is 5. The smallest absolute Gasteiger partial charge is 0.0921 e. The number of benzene rings is 5. The van der Waals surface area contributed by atoms with Crippen molar-refractivity contribution in [1.29, 1.82) is 0 Å². The molecule has 5 heterocycles. The highest BCUT2D eigenvalue weighted by molar-refractivity contribution is 9.10. The van der Waals surface area contributed by atoms with E-state index in [4.69, 9.17) is 11.6 Å². The first-order valence-electron chi connectivity index (χ1n) is 22.8. The number of H-pyrrole nitrogens is 5. The number of aryl methyl sites for hydroxylation is 4. The van der Waals surface area contributed by atoms with Gasteiger partial charge in [-0.2, -0.15) is 0 Å². The molecule has 5 aromatic carbocycles. The van der Waals surface area contributed by atoms with Crippen LogP contribution < -0.4 is 0 Å². The molecule has 12 heteroatoms. The Morgan fingerprint density at radius 1 is 0.397 bits per heavy atom. The zero-order valence-corrected chi connectivity index (χ0v) is 41.5. The SMILES string of the molecule is Brc1ccccc1Cc1cnc[nH]1.CCc1cccc(CC)c1Cc1cnc[nH]1.Cc1cccc(C)c1Cc1cnc[nH]1.Clc1ccccc1Cc1cnc[nH]1.c1ccc(Cc2cnc[nH]2)cc1. The van der Waals surface area contributed by atoms with Crippen molar-refractivity contribution in [3.05, 3.63) is 266 Å². The van der Waals surface area contributed by atoms with Gasteiger partial charge in [0.2, 0.25) is 0 Å².